The van der Waals surface area contributed by atoms with Gasteiger partial charge in [-0.2, -0.15) is 0 Å². The standard InChI is InChI=1S/C20H21N5OS/c1-14-22-17-9-11-25(18(26)8-7-15-5-3-2-4-6-15)13-16(17)19(23-14)24-20-21-10-12-27-20/h2-6,10,12H,7-9,11,13H2,1H3,(H,21,22,23,24). The number of carbonyl (C=O) groups excluding carboxylic acids is 1. The van der Waals surface area contributed by atoms with Crippen molar-refractivity contribution in [1.29, 1.82) is 0 Å². The molecule has 0 saturated carbocycles. The summed E-state index contributed by atoms with van der Waals surface area (Å²) >= 11 is 1.52. The van der Waals surface area contributed by atoms with Gasteiger partial charge in [0.05, 0.1) is 12.2 Å². The minimum Gasteiger partial charge on any atom is -0.338 e. The summed E-state index contributed by atoms with van der Waals surface area (Å²) in [5, 5.41) is 6.00. The molecule has 1 aromatic carbocycles. The van der Waals surface area contributed by atoms with Crippen LogP contribution < -0.4 is 5.32 Å². The molecule has 0 radical (unpaired) electrons. The monoisotopic (exact) mass is 379 g/mol. The lowest BCUT2D eigenvalue weighted by molar-refractivity contribution is -0.132. The number of fused-ring (bicyclic) bond motifs is 1. The normalized spacial score (nSPS) is 13.3. The molecule has 27 heavy (non-hydrogen) atoms. The number of hydrogen-bond donors (Lipinski definition) is 1. The van der Waals surface area contributed by atoms with Crippen LogP contribution in [0, 0.1) is 6.92 Å². The summed E-state index contributed by atoms with van der Waals surface area (Å²) in [5.41, 5.74) is 3.21. The Hall–Kier alpha value is -2.80. The van der Waals surface area contributed by atoms with Crippen LogP contribution in [0.4, 0.5) is 10.9 Å². The predicted octanol–water partition coefficient (Wildman–Crippen LogP) is 3.50. The van der Waals surface area contributed by atoms with Crippen LogP contribution in [0.3, 0.4) is 0 Å². The first-order chi connectivity index (χ1) is 13.2. The van der Waals surface area contributed by atoms with Gasteiger partial charge in [-0.3, -0.25) is 4.79 Å². The van der Waals surface area contributed by atoms with Crippen molar-refractivity contribution in [2.24, 2.45) is 0 Å². The second-order valence-electron chi connectivity index (χ2n) is 6.56. The number of thiazole rings is 1. The van der Waals surface area contributed by atoms with E-state index in [2.05, 4.69) is 32.4 Å². The molecule has 3 aromatic rings. The second-order valence-corrected chi connectivity index (χ2v) is 7.45. The van der Waals surface area contributed by atoms with Crippen LogP contribution in [0.25, 0.3) is 0 Å². The Labute approximate surface area is 162 Å². The van der Waals surface area contributed by atoms with Gasteiger partial charge in [0.1, 0.15) is 11.6 Å². The first-order valence-electron chi connectivity index (χ1n) is 9.03. The van der Waals surface area contributed by atoms with E-state index in [0.717, 1.165) is 40.9 Å². The third-order valence-electron chi connectivity index (χ3n) is 4.65. The molecule has 1 amide bonds. The average Bonchev–Trinajstić information content (AvgIpc) is 3.19. The van der Waals surface area contributed by atoms with Crippen molar-refractivity contribution in [2.45, 2.75) is 32.7 Å². The Balaban J connectivity index is 1.49. The molecule has 6 nitrogen and oxygen atoms in total. The summed E-state index contributed by atoms with van der Waals surface area (Å²) in [7, 11) is 0. The molecule has 0 saturated heterocycles. The lowest BCUT2D eigenvalue weighted by Gasteiger charge is -2.29. The topological polar surface area (TPSA) is 71.0 Å². The van der Waals surface area contributed by atoms with Crippen molar-refractivity contribution in [3.63, 3.8) is 0 Å². The second kappa shape index (κ2) is 7.84. The minimum atomic E-state index is 0.172. The van der Waals surface area contributed by atoms with E-state index in [1.165, 1.54) is 16.9 Å². The SMILES string of the molecule is Cc1nc2c(c(Nc3nccs3)n1)CN(C(=O)CCc1ccccc1)CC2. The highest BCUT2D eigenvalue weighted by Gasteiger charge is 2.25. The van der Waals surface area contributed by atoms with E-state index in [4.69, 9.17) is 0 Å². The van der Waals surface area contributed by atoms with E-state index in [-0.39, 0.29) is 5.91 Å². The largest absolute Gasteiger partial charge is 0.338 e. The van der Waals surface area contributed by atoms with Crippen molar-refractivity contribution >= 4 is 28.2 Å². The van der Waals surface area contributed by atoms with Crippen molar-refractivity contribution in [3.8, 4) is 0 Å². The molecular formula is C20H21N5OS. The molecule has 1 aliphatic heterocycles. The molecular weight excluding hydrogens is 358 g/mol. The maximum Gasteiger partial charge on any atom is 0.223 e. The number of rotatable bonds is 5. The highest BCUT2D eigenvalue weighted by atomic mass is 32.1. The Kier molecular flexibility index (Phi) is 5.11. The van der Waals surface area contributed by atoms with Crippen molar-refractivity contribution in [1.82, 2.24) is 19.9 Å². The number of aromatic nitrogens is 3. The van der Waals surface area contributed by atoms with Gasteiger partial charge in [0.25, 0.3) is 0 Å². The highest BCUT2D eigenvalue weighted by molar-refractivity contribution is 7.13. The molecule has 0 unspecified atom stereocenters. The number of nitrogens with zero attached hydrogens (tertiary/aromatic N) is 4. The Morgan fingerprint density at radius 3 is 2.89 bits per heavy atom. The quantitative estimate of drug-likeness (QED) is 0.735. The van der Waals surface area contributed by atoms with E-state index < -0.39 is 0 Å². The van der Waals surface area contributed by atoms with Crippen LogP contribution in [-0.2, 0) is 24.2 Å². The van der Waals surface area contributed by atoms with Crippen LogP contribution in [0.5, 0.6) is 0 Å². The van der Waals surface area contributed by atoms with Gasteiger partial charge in [0, 0.05) is 36.5 Å². The molecule has 0 fully saturated rings. The van der Waals surface area contributed by atoms with Gasteiger partial charge in [-0.1, -0.05) is 30.3 Å². The fourth-order valence-corrected chi connectivity index (χ4v) is 3.82. The zero-order chi connectivity index (χ0) is 18.6. The molecule has 138 valence electrons. The van der Waals surface area contributed by atoms with Gasteiger partial charge >= 0.3 is 0 Å². The molecule has 3 heterocycles. The number of benzene rings is 1. The van der Waals surface area contributed by atoms with Crippen LogP contribution in [0.2, 0.25) is 0 Å². The molecule has 7 heteroatoms. The zero-order valence-electron chi connectivity index (χ0n) is 15.2. The summed E-state index contributed by atoms with van der Waals surface area (Å²) in [6.07, 6.45) is 3.79. The maximum absolute atomic E-state index is 12.7. The van der Waals surface area contributed by atoms with Gasteiger partial charge in [-0.05, 0) is 18.9 Å². The van der Waals surface area contributed by atoms with E-state index in [1.54, 1.807) is 6.20 Å². The fourth-order valence-electron chi connectivity index (χ4n) is 3.29. The molecule has 1 aliphatic rings. The van der Waals surface area contributed by atoms with Crippen LogP contribution >= 0.6 is 11.3 Å². The number of carbonyl (C=O) groups is 1. The van der Waals surface area contributed by atoms with Gasteiger partial charge in [-0.25, -0.2) is 15.0 Å². The lowest BCUT2D eigenvalue weighted by atomic mass is 10.0. The van der Waals surface area contributed by atoms with Crippen molar-refractivity contribution in [2.75, 3.05) is 11.9 Å². The summed E-state index contributed by atoms with van der Waals surface area (Å²) in [6.45, 7) is 3.13. The predicted molar refractivity (Wildman–Crippen MR) is 106 cm³/mol. The van der Waals surface area contributed by atoms with Crippen molar-refractivity contribution < 1.29 is 4.79 Å². The first kappa shape index (κ1) is 17.6. The number of anilines is 2. The Bertz CT molecular complexity index is 927. The van der Waals surface area contributed by atoms with Crippen LogP contribution in [0.15, 0.2) is 41.9 Å². The number of aryl methyl sites for hydroxylation is 2. The zero-order valence-corrected chi connectivity index (χ0v) is 16.0. The van der Waals surface area contributed by atoms with E-state index in [1.807, 2.05) is 35.4 Å². The highest BCUT2D eigenvalue weighted by Crippen LogP contribution is 2.27. The maximum atomic E-state index is 12.7. The number of hydrogen-bond acceptors (Lipinski definition) is 6. The van der Waals surface area contributed by atoms with Crippen molar-refractivity contribution in [3.05, 3.63) is 64.6 Å². The summed E-state index contributed by atoms with van der Waals surface area (Å²) in [6, 6.07) is 10.1. The molecule has 4 rings (SSSR count). The summed E-state index contributed by atoms with van der Waals surface area (Å²) in [4.78, 5) is 28.1. The third kappa shape index (κ3) is 4.14. The van der Waals surface area contributed by atoms with E-state index in [9.17, 15) is 4.79 Å². The van der Waals surface area contributed by atoms with Gasteiger partial charge in [0.15, 0.2) is 5.13 Å². The molecule has 0 bridgehead atoms. The smallest absolute Gasteiger partial charge is 0.223 e. The van der Waals surface area contributed by atoms with Gasteiger partial charge < -0.3 is 10.2 Å². The average molecular weight is 379 g/mol. The minimum absolute atomic E-state index is 0.172. The third-order valence-corrected chi connectivity index (χ3v) is 5.34. The van der Waals surface area contributed by atoms with E-state index >= 15 is 0 Å². The summed E-state index contributed by atoms with van der Waals surface area (Å²) in [5.74, 6) is 1.66. The molecule has 0 aliphatic carbocycles. The number of nitrogens with one attached hydrogen (secondary N) is 1. The van der Waals surface area contributed by atoms with Gasteiger partial charge in [0.2, 0.25) is 5.91 Å². The molecule has 0 spiro atoms. The Morgan fingerprint density at radius 1 is 1.26 bits per heavy atom. The van der Waals surface area contributed by atoms with Crippen LogP contribution in [0.1, 0.15) is 29.1 Å². The first-order valence-corrected chi connectivity index (χ1v) is 9.91. The molecule has 2 aromatic heterocycles. The fraction of sp³-hybridized carbons (Fsp3) is 0.300. The van der Waals surface area contributed by atoms with E-state index in [0.29, 0.717) is 19.5 Å². The van der Waals surface area contributed by atoms with Crippen LogP contribution in [-0.4, -0.2) is 32.3 Å². The Morgan fingerprint density at radius 2 is 2.11 bits per heavy atom. The summed E-state index contributed by atoms with van der Waals surface area (Å²) < 4.78 is 0. The molecule has 1 N–H and O–H groups in total. The van der Waals surface area contributed by atoms with Gasteiger partial charge in [-0.15, -0.1) is 11.3 Å². The lowest BCUT2D eigenvalue weighted by Crippen LogP contribution is -2.37. The molecule has 0 atom stereocenters. The number of amides is 1.